The van der Waals surface area contributed by atoms with Crippen molar-refractivity contribution in [2.75, 3.05) is 0 Å². The van der Waals surface area contributed by atoms with Crippen LogP contribution >= 0.6 is 11.8 Å². The highest BCUT2D eigenvalue weighted by Gasteiger charge is 2.15. The third-order valence-electron chi connectivity index (χ3n) is 2.23. The zero-order valence-corrected chi connectivity index (χ0v) is 11.6. The average Bonchev–Trinajstić information content (AvgIpc) is 2.18. The second-order valence-electron chi connectivity index (χ2n) is 5.03. The Morgan fingerprint density at radius 3 is 2.50 bits per heavy atom. The van der Waals surface area contributed by atoms with Gasteiger partial charge >= 0.3 is 0 Å². The van der Waals surface area contributed by atoms with E-state index in [1.54, 1.807) is 18.0 Å². The molecule has 1 heterocycles. The number of nitrogens with zero attached hydrogens (tertiary/aromatic N) is 1. The Hall–Kier alpha value is -0.540. The van der Waals surface area contributed by atoms with E-state index in [0.717, 1.165) is 22.6 Å². The number of hydrogen-bond donors (Lipinski definition) is 1. The summed E-state index contributed by atoms with van der Waals surface area (Å²) >= 11 is 1.76. The third-order valence-corrected chi connectivity index (χ3v) is 3.46. The molecule has 1 aromatic rings. The maximum atomic E-state index is 9.73. The molecule has 0 saturated carbocycles. The molecule has 0 amide bonds. The molecular weight excluding hydrogens is 218 g/mol. The van der Waals surface area contributed by atoms with E-state index in [0.29, 0.717) is 0 Å². The largest absolute Gasteiger partial charge is 0.388 e. The van der Waals surface area contributed by atoms with Gasteiger partial charge in [-0.1, -0.05) is 27.7 Å². The molecule has 0 saturated heterocycles. The number of aromatic nitrogens is 1. The number of thioether (sulfide) groups is 1. The van der Waals surface area contributed by atoms with Crippen molar-refractivity contribution in [3.05, 3.63) is 23.4 Å². The third kappa shape index (κ3) is 3.80. The summed E-state index contributed by atoms with van der Waals surface area (Å²) in [6.45, 7) is 10.5. The summed E-state index contributed by atoms with van der Waals surface area (Å²) in [6, 6.07) is 2.04. The van der Waals surface area contributed by atoms with Crippen LogP contribution in [0.2, 0.25) is 0 Å². The van der Waals surface area contributed by atoms with Gasteiger partial charge in [-0.3, -0.25) is 0 Å². The van der Waals surface area contributed by atoms with E-state index in [4.69, 9.17) is 0 Å². The van der Waals surface area contributed by atoms with Crippen molar-refractivity contribution in [1.29, 1.82) is 0 Å². The van der Waals surface area contributed by atoms with Gasteiger partial charge in [-0.05, 0) is 30.5 Å². The zero-order valence-electron chi connectivity index (χ0n) is 10.7. The average molecular weight is 239 g/mol. The molecule has 1 rings (SSSR count). The van der Waals surface area contributed by atoms with Crippen LogP contribution in [0.5, 0.6) is 0 Å². The number of pyridine rings is 1. The molecule has 1 atom stereocenters. The van der Waals surface area contributed by atoms with Gasteiger partial charge in [0, 0.05) is 10.9 Å². The predicted molar refractivity (Wildman–Crippen MR) is 69.8 cm³/mol. The molecule has 90 valence electrons. The molecule has 0 aliphatic rings. The number of aryl methyl sites for hydroxylation is 1. The lowest BCUT2D eigenvalue weighted by molar-refractivity contribution is 0.173. The van der Waals surface area contributed by atoms with Gasteiger partial charge in [0.15, 0.2) is 0 Å². The summed E-state index contributed by atoms with van der Waals surface area (Å²) in [5.74, 6) is 0. The molecule has 0 radical (unpaired) electrons. The fourth-order valence-electron chi connectivity index (χ4n) is 1.40. The molecule has 0 aliphatic carbocycles. The Labute approximate surface area is 102 Å². The first-order chi connectivity index (χ1) is 7.33. The Kier molecular flexibility index (Phi) is 4.39. The van der Waals surface area contributed by atoms with Crippen LogP contribution in [0.4, 0.5) is 0 Å². The van der Waals surface area contributed by atoms with Crippen molar-refractivity contribution in [3.8, 4) is 0 Å². The smallest absolute Gasteiger partial charge is 0.0994 e. The molecule has 0 aromatic carbocycles. The molecule has 16 heavy (non-hydrogen) atoms. The van der Waals surface area contributed by atoms with Crippen molar-refractivity contribution < 1.29 is 5.11 Å². The second-order valence-corrected chi connectivity index (χ2v) is 6.84. The number of hydrogen-bond acceptors (Lipinski definition) is 3. The number of aliphatic hydroxyl groups is 1. The topological polar surface area (TPSA) is 33.1 Å². The fraction of sp³-hybridized carbons (Fsp3) is 0.615. The molecule has 1 aromatic heterocycles. The number of aliphatic hydroxyl groups excluding tert-OH is 1. The van der Waals surface area contributed by atoms with E-state index in [2.05, 4.69) is 25.8 Å². The highest BCUT2D eigenvalue weighted by atomic mass is 32.2. The quantitative estimate of drug-likeness (QED) is 0.816. The lowest BCUT2D eigenvalue weighted by Crippen LogP contribution is -2.08. The molecule has 1 unspecified atom stereocenters. The lowest BCUT2D eigenvalue weighted by Gasteiger charge is -2.19. The minimum atomic E-state index is -0.389. The molecule has 0 bridgehead atoms. The van der Waals surface area contributed by atoms with Gasteiger partial charge in [-0.25, -0.2) is 4.98 Å². The van der Waals surface area contributed by atoms with Gasteiger partial charge in [0.1, 0.15) is 0 Å². The normalized spacial score (nSPS) is 13.9. The molecule has 1 N–H and O–H groups in total. The number of rotatable bonds is 3. The van der Waals surface area contributed by atoms with Crippen LogP contribution in [0.15, 0.2) is 17.3 Å². The van der Waals surface area contributed by atoms with Gasteiger partial charge < -0.3 is 5.11 Å². The van der Waals surface area contributed by atoms with Crippen molar-refractivity contribution in [1.82, 2.24) is 4.98 Å². The van der Waals surface area contributed by atoms with E-state index in [1.807, 2.05) is 19.9 Å². The second kappa shape index (κ2) is 5.19. The predicted octanol–water partition coefficient (Wildman–Crippen LogP) is 3.72. The minimum Gasteiger partial charge on any atom is -0.388 e. The van der Waals surface area contributed by atoms with Crippen molar-refractivity contribution in [2.24, 2.45) is 0 Å². The van der Waals surface area contributed by atoms with Crippen LogP contribution in [-0.2, 0) is 0 Å². The van der Waals surface area contributed by atoms with Crippen molar-refractivity contribution in [2.45, 2.75) is 56.9 Å². The minimum absolute atomic E-state index is 0.169. The van der Waals surface area contributed by atoms with E-state index < -0.39 is 0 Å². The fourth-order valence-corrected chi connectivity index (χ4v) is 2.30. The molecule has 0 fully saturated rings. The van der Waals surface area contributed by atoms with Gasteiger partial charge in [0.05, 0.1) is 11.1 Å². The van der Waals surface area contributed by atoms with Gasteiger partial charge in [-0.15, -0.1) is 11.8 Å². The Morgan fingerprint density at radius 2 is 2.06 bits per heavy atom. The first kappa shape index (κ1) is 13.5. The van der Waals surface area contributed by atoms with Crippen LogP contribution in [0.25, 0.3) is 0 Å². The van der Waals surface area contributed by atoms with E-state index in [9.17, 15) is 5.11 Å². The zero-order chi connectivity index (χ0) is 12.3. The summed E-state index contributed by atoms with van der Waals surface area (Å²) in [7, 11) is 0. The SMILES string of the molecule is CCC(O)c1cnc(SC(C)(C)C)c(C)c1. The summed E-state index contributed by atoms with van der Waals surface area (Å²) in [4.78, 5) is 4.44. The lowest BCUT2D eigenvalue weighted by atomic mass is 10.1. The summed E-state index contributed by atoms with van der Waals surface area (Å²) < 4.78 is 0.169. The molecular formula is C13H21NOS. The Morgan fingerprint density at radius 1 is 1.44 bits per heavy atom. The highest BCUT2D eigenvalue weighted by Crippen LogP contribution is 2.33. The summed E-state index contributed by atoms with van der Waals surface area (Å²) in [5.41, 5.74) is 2.06. The van der Waals surface area contributed by atoms with Crippen LogP contribution < -0.4 is 0 Å². The van der Waals surface area contributed by atoms with Crippen molar-refractivity contribution in [3.63, 3.8) is 0 Å². The Balaban J connectivity index is 2.92. The van der Waals surface area contributed by atoms with Crippen LogP contribution in [0, 0.1) is 6.92 Å². The highest BCUT2D eigenvalue weighted by molar-refractivity contribution is 8.00. The first-order valence-corrected chi connectivity index (χ1v) is 6.48. The summed E-state index contributed by atoms with van der Waals surface area (Å²) in [6.07, 6.45) is 2.13. The van der Waals surface area contributed by atoms with E-state index in [1.165, 1.54) is 0 Å². The molecule has 0 spiro atoms. The monoisotopic (exact) mass is 239 g/mol. The maximum Gasteiger partial charge on any atom is 0.0994 e. The summed E-state index contributed by atoms with van der Waals surface area (Å²) in [5, 5.41) is 10.8. The Bertz CT molecular complexity index is 357. The maximum absolute atomic E-state index is 9.73. The first-order valence-electron chi connectivity index (χ1n) is 5.67. The molecule has 2 nitrogen and oxygen atoms in total. The van der Waals surface area contributed by atoms with E-state index in [-0.39, 0.29) is 10.9 Å². The van der Waals surface area contributed by atoms with E-state index >= 15 is 0 Å². The molecule has 0 aliphatic heterocycles. The van der Waals surface area contributed by atoms with Crippen LogP contribution in [0.1, 0.15) is 51.3 Å². The standard InChI is InChI=1S/C13H21NOS/c1-6-11(15)10-7-9(2)12(14-8-10)16-13(3,4)5/h7-8,11,15H,6H2,1-5H3. The van der Waals surface area contributed by atoms with Crippen molar-refractivity contribution >= 4 is 11.8 Å². The molecule has 3 heteroatoms. The van der Waals surface area contributed by atoms with Crippen LogP contribution in [0.3, 0.4) is 0 Å². The van der Waals surface area contributed by atoms with Gasteiger partial charge in [-0.2, -0.15) is 0 Å². The van der Waals surface area contributed by atoms with Gasteiger partial charge in [0.25, 0.3) is 0 Å². The van der Waals surface area contributed by atoms with Gasteiger partial charge in [0.2, 0.25) is 0 Å². The van der Waals surface area contributed by atoms with Crippen LogP contribution in [-0.4, -0.2) is 14.8 Å².